The van der Waals surface area contributed by atoms with Crippen LogP contribution in [0.15, 0.2) is 18.2 Å². The Labute approximate surface area is 113 Å². The average Bonchev–Trinajstić information content (AvgIpc) is 2.28. The third-order valence-electron chi connectivity index (χ3n) is 2.61. The number of hydrogen-bond donors (Lipinski definition) is 1. The van der Waals surface area contributed by atoms with Gasteiger partial charge in [0.25, 0.3) is 5.91 Å². The number of aliphatic carboxylic acids is 1. The van der Waals surface area contributed by atoms with Gasteiger partial charge >= 0.3 is 12.1 Å². The molecule has 110 valence electrons. The van der Waals surface area contributed by atoms with E-state index in [-0.39, 0.29) is 10.5 Å². The van der Waals surface area contributed by atoms with Gasteiger partial charge in [-0.25, -0.2) is 0 Å². The summed E-state index contributed by atoms with van der Waals surface area (Å²) >= 11 is 0. The lowest BCUT2D eigenvalue weighted by molar-refractivity contribution is -0.149. The second kappa shape index (κ2) is 5.94. The number of carboxylic acids is 1. The summed E-state index contributed by atoms with van der Waals surface area (Å²) in [5.41, 5.74) is 1.29. The van der Waals surface area contributed by atoms with Crippen LogP contribution >= 0.6 is 0 Å². The van der Waals surface area contributed by atoms with Crippen molar-refractivity contribution in [2.24, 2.45) is 0 Å². The molecule has 20 heavy (non-hydrogen) atoms. The number of aryl methyl sites for hydroxylation is 2. The number of carbonyl (C=O) groups excluding carboxylic acids is 1. The Hall–Kier alpha value is -2.05. The molecular weight excluding hydrogens is 275 g/mol. The first kappa shape index (κ1) is 16.0. The van der Waals surface area contributed by atoms with Gasteiger partial charge < -0.3 is 10.0 Å². The van der Waals surface area contributed by atoms with Gasteiger partial charge in [0, 0.05) is 5.56 Å². The molecule has 0 saturated carbocycles. The Morgan fingerprint density at radius 3 is 2.35 bits per heavy atom. The molecule has 1 rings (SSSR count). The van der Waals surface area contributed by atoms with Gasteiger partial charge in [-0.2, -0.15) is 13.2 Å². The van der Waals surface area contributed by atoms with Crippen LogP contribution in [-0.2, 0) is 4.79 Å². The number of halogens is 3. The van der Waals surface area contributed by atoms with Gasteiger partial charge in [0.1, 0.15) is 13.1 Å². The van der Waals surface area contributed by atoms with Crippen LogP contribution in [0.5, 0.6) is 0 Å². The number of rotatable bonds is 4. The van der Waals surface area contributed by atoms with Gasteiger partial charge in [0.05, 0.1) is 0 Å². The highest BCUT2D eigenvalue weighted by atomic mass is 19.4. The minimum Gasteiger partial charge on any atom is -0.480 e. The molecular formula is C13H14F3NO3. The number of alkyl halides is 3. The van der Waals surface area contributed by atoms with Gasteiger partial charge in [0.2, 0.25) is 0 Å². The summed E-state index contributed by atoms with van der Waals surface area (Å²) in [7, 11) is 0. The topological polar surface area (TPSA) is 57.6 Å². The Bertz CT molecular complexity index is 526. The van der Waals surface area contributed by atoms with Gasteiger partial charge in [-0.3, -0.25) is 9.59 Å². The highest BCUT2D eigenvalue weighted by Crippen LogP contribution is 2.20. The third-order valence-corrected chi connectivity index (χ3v) is 2.61. The second-order valence-electron chi connectivity index (χ2n) is 4.49. The van der Waals surface area contributed by atoms with E-state index in [4.69, 9.17) is 5.11 Å². The summed E-state index contributed by atoms with van der Waals surface area (Å²) in [6, 6.07) is 4.77. The molecule has 0 aromatic heterocycles. The molecule has 4 nitrogen and oxygen atoms in total. The normalized spacial score (nSPS) is 11.2. The summed E-state index contributed by atoms with van der Waals surface area (Å²) in [6.45, 7) is 0.692. The van der Waals surface area contributed by atoms with Crippen molar-refractivity contribution >= 4 is 11.9 Å². The maximum Gasteiger partial charge on any atom is 0.406 e. The molecule has 0 heterocycles. The zero-order chi connectivity index (χ0) is 15.5. The minimum atomic E-state index is -4.65. The third kappa shape index (κ3) is 4.56. The van der Waals surface area contributed by atoms with Crippen LogP contribution in [0.3, 0.4) is 0 Å². The van der Waals surface area contributed by atoms with Crippen molar-refractivity contribution in [3.8, 4) is 0 Å². The molecule has 0 fully saturated rings. The van der Waals surface area contributed by atoms with Crippen molar-refractivity contribution in [1.29, 1.82) is 0 Å². The minimum absolute atomic E-state index is 0.0792. The zero-order valence-electron chi connectivity index (χ0n) is 11.0. The standard InChI is InChI=1S/C13H14F3NO3/c1-8-3-4-9(2)10(5-8)12(20)17(6-11(18)19)7-13(14,15)16/h3-5H,6-7H2,1-2H3,(H,18,19). The van der Waals surface area contributed by atoms with E-state index in [1.54, 1.807) is 26.0 Å². The maximum atomic E-state index is 12.4. The van der Waals surface area contributed by atoms with E-state index in [0.29, 0.717) is 11.1 Å². The fourth-order valence-corrected chi connectivity index (χ4v) is 1.72. The molecule has 0 spiro atoms. The molecule has 0 saturated heterocycles. The fraction of sp³-hybridized carbons (Fsp3) is 0.385. The number of nitrogens with zero attached hydrogens (tertiary/aromatic N) is 1. The molecule has 0 aliphatic rings. The summed E-state index contributed by atoms with van der Waals surface area (Å²) in [5, 5.41) is 8.64. The van der Waals surface area contributed by atoms with E-state index in [2.05, 4.69) is 0 Å². The highest BCUT2D eigenvalue weighted by Gasteiger charge is 2.34. The van der Waals surface area contributed by atoms with Crippen LogP contribution in [0.1, 0.15) is 21.5 Å². The monoisotopic (exact) mass is 289 g/mol. The molecule has 0 aliphatic carbocycles. The molecule has 0 bridgehead atoms. The van der Waals surface area contributed by atoms with Crippen LogP contribution in [0.4, 0.5) is 13.2 Å². The quantitative estimate of drug-likeness (QED) is 0.926. The van der Waals surface area contributed by atoms with Gasteiger partial charge in [0.15, 0.2) is 0 Å². The van der Waals surface area contributed by atoms with Crippen LogP contribution < -0.4 is 0 Å². The van der Waals surface area contributed by atoms with Gasteiger partial charge in [-0.1, -0.05) is 17.7 Å². The van der Waals surface area contributed by atoms with Crippen LogP contribution in [0.25, 0.3) is 0 Å². The fourth-order valence-electron chi connectivity index (χ4n) is 1.72. The van der Waals surface area contributed by atoms with E-state index in [9.17, 15) is 22.8 Å². The number of carboxylic acid groups (broad SMARTS) is 1. The van der Waals surface area contributed by atoms with E-state index in [1.165, 1.54) is 6.07 Å². The molecule has 0 aliphatic heterocycles. The summed E-state index contributed by atoms with van der Waals surface area (Å²) < 4.78 is 37.3. The first-order valence-electron chi connectivity index (χ1n) is 5.75. The van der Waals surface area contributed by atoms with Crippen LogP contribution in [0, 0.1) is 13.8 Å². The van der Waals surface area contributed by atoms with Gasteiger partial charge in [-0.15, -0.1) is 0 Å². The average molecular weight is 289 g/mol. The predicted molar refractivity (Wildman–Crippen MR) is 65.5 cm³/mol. The lowest BCUT2D eigenvalue weighted by Crippen LogP contribution is -2.42. The summed E-state index contributed by atoms with van der Waals surface area (Å²) in [5.74, 6) is -2.43. The number of benzene rings is 1. The smallest absolute Gasteiger partial charge is 0.406 e. The summed E-state index contributed by atoms with van der Waals surface area (Å²) in [4.78, 5) is 23.0. The van der Waals surface area contributed by atoms with Crippen molar-refractivity contribution < 1.29 is 27.9 Å². The first-order valence-corrected chi connectivity index (χ1v) is 5.75. The van der Waals surface area contributed by atoms with Crippen molar-refractivity contribution in [2.45, 2.75) is 20.0 Å². The molecule has 7 heteroatoms. The number of carbonyl (C=O) groups is 2. The largest absolute Gasteiger partial charge is 0.480 e. The first-order chi connectivity index (χ1) is 9.10. The molecule has 0 atom stereocenters. The SMILES string of the molecule is Cc1ccc(C)c(C(=O)N(CC(=O)O)CC(F)(F)F)c1. The molecule has 0 radical (unpaired) electrons. The number of hydrogen-bond acceptors (Lipinski definition) is 2. The Balaban J connectivity index is 3.09. The molecule has 1 aromatic carbocycles. The molecule has 1 N–H and O–H groups in total. The van der Waals surface area contributed by atoms with Crippen LogP contribution in [0.2, 0.25) is 0 Å². The van der Waals surface area contributed by atoms with Crippen molar-refractivity contribution in [3.05, 3.63) is 34.9 Å². The predicted octanol–water partition coefficient (Wildman–Crippen LogP) is 2.39. The Morgan fingerprint density at radius 1 is 1.25 bits per heavy atom. The molecule has 0 unspecified atom stereocenters. The van der Waals surface area contributed by atoms with Crippen molar-refractivity contribution in [3.63, 3.8) is 0 Å². The molecule has 1 amide bonds. The van der Waals surface area contributed by atoms with E-state index >= 15 is 0 Å². The van der Waals surface area contributed by atoms with E-state index in [1.807, 2.05) is 0 Å². The lowest BCUT2D eigenvalue weighted by Gasteiger charge is -2.23. The highest BCUT2D eigenvalue weighted by molar-refractivity contribution is 5.97. The van der Waals surface area contributed by atoms with Gasteiger partial charge in [-0.05, 0) is 25.5 Å². The lowest BCUT2D eigenvalue weighted by atomic mass is 10.0. The van der Waals surface area contributed by atoms with E-state index in [0.717, 1.165) is 0 Å². The maximum absolute atomic E-state index is 12.4. The number of amides is 1. The Morgan fingerprint density at radius 2 is 1.85 bits per heavy atom. The van der Waals surface area contributed by atoms with Crippen molar-refractivity contribution in [1.82, 2.24) is 4.90 Å². The van der Waals surface area contributed by atoms with Crippen LogP contribution in [-0.4, -0.2) is 41.1 Å². The second-order valence-corrected chi connectivity index (χ2v) is 4.49. The van der Waals surface area contributed by atoms with E-state index < -0.39 is 31.1 Å². The Kier molecular flexibility index (Phi) is 4.75. The molecule has 1 aromatic rings. The zero-order valence-corrected chi connectivity index (χ0v) is 11.0. The summed E-state index contributed by atoms with van der Waals surface area (Å²) in [6.07, 6.45) is -4.65. The van der Waals surface area contributed by atoms with Crippen molar-refractivity contribution in [2.75, 3.05) is 13.1 Å².